The summed E-state index contributed by atoms with van der Waals surface area (Å²) in [5.74, 6) is 0.655. The first kappa shape index (κ1) is 14.9. The van der Waals surface area contributed by atoms with Crippen LogP contribution in [0.3, 0.4) is 0 Å². The number of hydrogen-bond donors (Lipinski definition) is 1. The van der Waals surface area contributed by atoms with Gasteiger partial charge in [0.2, 0.25) is 11.9 Å². The number of nitro groups is 1. The summed E-state index contributed by atoms with van der Waals surface area (Å²) in [7, 11) is 0. The van der Waals surface area contributed by atoms with Crippen LogP contribution in [0.25, 0.3) is 11.4 Å². The second-order valence-corrected chi connectivity index (χ2v) is 5.56. The van der Waals surface area contributed by atoms with Crippen LogP contribution in [0.5, 0.6) is 0 Å². The molecule has 1 unspecified atom stereocenters. The molecule has 1 atom stereocenters. The summed E-state index contributed by atoms with van der Waals surface area (Å²) >= 11 is 0. The number of amides is 1. The van der Waals surface area contributed by atoms with Crippen molar-refractivity contribution < 1.29 is 9.72 Å². The second-order valence-electron chi connectivity index (χ2n) is 5.56. The molecule has 1 amide bonds. The van der Waals surface area contributed by atoms with Gasteiger partial charge < -0.3 is 0 Å². The lowest BCUT2D eigenvalue weighted by molar-refractivity contribution is -0.384. The second kappa shape index (κ2) is 5.78. The SMILES string of the molecule is O=C1CC(c2ccc([N+](=O)[O-])cc2)n2nc(-c3ccncc3)nc2N1. The van der Waals surface area contributed by atoms with Crippen molar-refractivity contribution in [3.05, 3.63) is 64.5 Å². The molecule has 0 bridgehead atoms. The predicted molar refractivity (Wildman–Crippen MR) is 87.7 cm³/mol. The van der Waals surface area contributed by atoms with E-state index in [1.54, 1.807) is 41.3 Å². The average molecular weight is 336 g/mol. The summed E-state index contributed by atoms with van der Waals surface area (Å²) in [5.41, 5.74) is 1.54. The van der Waals surface area contributed by atoms with Gasteiger partial charge in [0.05, 0.1) is 17.4 Å². The van der Waals surface area contributed by atoms with Gasteiger partial charge in [-0.2, -0.15) is 4.98 Å². The Morgan fingerprint density at radius 2 is 1.88 bits per heavy atom. The lowest BCUT2D eigenvalue weighted by Gasteiger charge is -2.23. The minimum absolute atomic E-state index is 0.000277. The molecule has 0 radical (unpaired) electrons. The molecule has 2 aromatic heterocycles. The van der Waals surface area contributed by atoms with Crippen LogP contribution >= 0.6 is 0 Å². The van der Waals surface area contributed by atoms with Crippen LogP contribution in [-0.2, 0) is 4.79 Å². The Morgan fingerprint density at radius 1 is 1.16 bits per heavy atom. The van der Waals surface area contributed by atoms with E-state index in [2.05, 4.69) is 20.4 Å². The van der Waals surface area contributed by atoms with Crippen molar-refractivity contribution in [2.45, 2.75) is 12.5 Å². The van der Waals surface area contributed by atoms with Gasteiger partial charge in [-0.15, -0.1) is 5.10 Å². The van der Waals surface area contributed by atoms with Crippen LogP contribution in [0.4, 0.5) is 11.6 Å². The van der Waals surface area contributed by atoms with Gasteiger partial charge in [-0.25, -0.2) is 4.68 Å². The highest BCUT2D eigenvalue weighted by Crippen LogP contribution is 2.31. The normalized spacial score (nSPS) is 16.2. The average Bonchev–Trinajstić information content (AvgIpc) is 3.05. The molecule has 1 aromatic carbocycles. The van der Waals surface area contributed by atoms with Gasteiger partial charge in [-0.3, -0.25) is 25.2 Å². The minimum Gasteiger partial charge on any atom is -0.295 e. The molecule has 0 saturated carbocycles. The number of fused-ring (bicyclic) bond motifs is 1. The molecule has 1 N–H and O–H groups in total. The topological polar surface area (TPSA) is 116 Å². The van der Waals surface area contributed by atoms with Gasteiger partial charge >= 0.3 is 0 Å². The first-order valence-corrected chi connectivity index (χ1v) is 7.53. The number of hydrogen-bond acceptors (Lipinski definition) is 6. The van der Waals surface area contributed by atoms with E-state index in [0.29, 0.717) is 11.8 Å². The van der Waals surface area contributed by atoms with Crippen LogP contribution < -0.4 is 5.32 Å². The van der Waals surface area contributed by atoms with Gasteiger partial charge in [0, 0.05) is 30.1 Å². The van der Waals surface area contributed by atoms with E-state index in [0.717, 1.165) is 11.1 Å². The fraction of sp³-hybridized carbons (Fsp3) is 0.125. The number of carbonyl (C=O) groups is 1. The third-order valence-electron chi connectivity index (χ3n) is 3.98. The number of aromatic nitrogens is 4. The quantitative estimate of drug-likeness (QED) is 0.579. The Balaban J connectivity index is 1.75. The van der Waals surface area contributed by atoms with Crippen molar-refractivity contribution in [1.82, 2.24) is 19.7 Å². The maximum absolute atomic E-state index is 12.0. The molecule has 0 fully saturated rings. The minimum atomic E-state index is -0.459. The van der Waals surface area contributed by atoms with Gasteiger partial charge in [-0.1, -0.05) is 12.1 Å². The van der Waals surface area contributed by atoms with E-state index < -0.39 is 4.92 Å². The molecule has 1 aliphatic rings. The standard InChI is InChI=1S/C16H12N6O3/c23-14-9-13(10-1-3-12(4-2-10)22(24)25)21-16(18-14)19-15(20-21)11-5-7-17-8-6-11/h1-8,13H,9H2,(H,18,19,20,23). The molecule has 25 heavy (non-hydrogen) atoms. The maximum Gasteiger partial charge on any atom is 0.269 e. The van der Waals surface area contributed by atoms with Crippen molar-refractivity contribution in [3.63, 3.8) is 0 Å². The Bertz CT molecular complexity index is 952. The zero-order valence-electron chi connectivity index (χ0n) is 12.9. The molecule has 3 heterocycles. The first-order valence-electron chi connectivity index (χ1n) is 7.53. The van der Waals surface area contributed by atoms with Gasteiger partial charge in [0.1, 0.15) is 0 Å². The summed E-state index contributed by atoms with van der Waals surface area (Å²) < 4.78 is 1.64. The molecule has 0 spiro atoms. The van der Waals surface area contributed by atoms with E-state index >= 15 is 0 Å². The van der Waals surface area contributed by atoms with E-state index in [1.165, 1.54) is 12.1 Å². The number of nitro benzene ring substituents is 1. The number of nitrogens with one attached hydrogen (secondary N) is 1. The molecule has 4 rings (SSSR count). The summed E-state index contributed by atoms with van der Waals surface area (Å²) in [5, 5.41) is 18.0. The fourth-order valence-electron chi connectivity index (χ4n) is 2.76. The number of anilines is 1. The summed E-state index contributed by atoms with van der Waals surface area (Å²) in [6.07, 6.45) is 3.47. The summed E-state index contributed by atoms with van der Waals surface area (Å²) in [6.45, 7) is 0. The molecule has 9 nitrogen and oxygen atoms in total. The summed E-state index contributed by atoms with van der Waals surface area (Å²) in [4.78, 5) is 30.7. The number of non-ortho nitro benzene ring substituents is 1. The lowest BCUT2D eigenvalue weighted by atomic mass is 10.0. The van der Waals surface area contributed by atoms with E-state index in [9.17, 15) is 14.9 Å². The van der Waals surface area contributed by atoms with E-state index in [1.807, 2.05) is 0 Å². The Hall–Kier alpha value is -3.62. The molecular weight excluding hydrogens is 324 g/mol. The Kier molecular flexibility index (Phi) is 3.46. The number of carbonyl (C=O) groups excluding carboxylic acids is 1. The largest absolute Gasteiger partial charge is 0.295 e. The smallest absolute Gasteiger partial charge is 0.269 e. The number of rotatable bonds is 3. The monoisotopic (exact) mass is 336 g/mol. The Labute approximate surface area is 141 Å². The highest BCUT2D eigenvalue weighted by Gasteiger charge is 2.29. The zero-order valence-corrected chi connectivity index (χ0v) is 12.9. The molecule has 9 heteroatoms. The first-order chi connectivity index (χ1) is 12.1. The fourth-order valence-corrected chi connectivity index (χ4v) is 2.76. The van der Waals surface area contributed by atoms with Crippen LogP contribution in [0.2, 0.25) is 0 Å². The van der Waals surface area contributed by atoms with Gasteiger partial charge in [-0.05, 0) is 17.7 Å². The van der Waals surface area contributed by atoms with Crippen molar-refractivity contribution in [3.8, 4) is 11.4 Å². The molecular formula is C16H12N6O3. The van der Waals surface area contributed by atoms with E-state index in [-0.39, 0.29) is 24.1 Å². The van der Waals surface area contributed by atoms with Crippen molar-refractivity contribution >= 4 is 17.5 Å². The highest BCUT2D eigenvalue weighted by atomic mass is 16.6. The molecule has 0 saturated heterocycles. The lowest BCUT2D eigenvalue weighted by Crippen LogP contribution is -2.29. The third kappa shape index (κ3) is 2.71. The molecule has 1 aliphatic heterocycles. The van der Waals surface area contributed by atoms with Gasteiger partial charge in [0.25, 0.3) is 5.69 Å². The van der Waals surface area contributed by atoms with E-state index in [4.69, 9.17) is 0 Å². The van der Waals surface area contributed by atoms with Crippen molar-refractivity contribution in [1.29, 1.82) is 0 Å². The predicted octanol–water partition coefficient (Wildman–Crippen LogP) is 2.18. The maximum atomic E-state index is 12.0. The Morgan fingerprint density at radius 3 is 2.56 bits per heavy atom. The van der Waals surface area contributed by atoms with Crippen LogP contribution in [0.1, 0.15) is 18.0 Å². The molecule has 0 aliphatic carbocycles. The third-order valence-corrected chi connectivity index (χ3v) is 3.98. The van der Waals surface area contributed by atoms with Crippen molar-refractivity contribution in [2.75, 3.05) is 5.32 Å². The summed E-state index contributed by atoms with van der Waals surface area (Å²) in [6, 6.07) is 9.31. The number of pyridine rings is 1. The number of nitrogens with zero attached hydrogens (tertiary/aromatic N) is 5. The van der Waals surface area contributed by atoms with Crippen LogP contribution in [0, 0.1) is 10.1 Å². The van der Waals surface area contributed by atoms with Crippen molar-refractivity contribution in [2.24, 2.45) is 0 Å². The highest BCUT2D eigenvalue weighted by molar-refractivity contribution is 5.91. The van der Waals surface area contributed by atoms with Crippen LogP contribution in [0.15, 0.2) is 48.8 Å². The van der Waals surface area contributed by atoms with Crippen LogP contribution in [-0.4, -0.2) is 30.6 Å². The number of benzene rings is 1. The zero-order chi connectivity index (χ0) is 17.4. The molecule has 3 aromatic rings. The molecule has 124 valence electrons. The van der Waals surface area contributed by atoms with Gasteiger partial charge in [0.15, 0.2) is 5.82 Å².